The lowest BCUT2D eigenvalue weighted by atomic mass is 9.75. The molecule has 9 aromatic carbocycles. The lowest BCUT2D eigenvalue weighted by Gasteiger charge is -2.28. The molecule has 2 heterocycles. The molecule has 0 N–H and O–H groups in total. The fourth-order valence-corrected chi connectivity index (χ4v) is 11.6. The molecular weight excluding hydrogens is 749 g/mol. The van der Waals surface area contributed by atoms with Gasteiger partial charge in [0, 0.05) is 43.7 Å². The standard InChI is InChI=1S/C60H44N2/c1-59(2)49-31-29-40(61-52-25-12-8-21-42(52)43-22-9-13-26-53(43)61)34-47(49)56-51(59)36-46(39-20-16-19-38(33-39)37-17-6-5-7-18-37)58-57(56)48-35-41(30-32-50(48)60(58,3)4)62-54-27-14-10-23-44(54)45-24-11-15-28-55(45)62/h5-36H,1-4H3. The van der Waals surface area contributed by atoms with E-state index in [-0.39, 0.29) is 10.8 Å². The summed E-state index contributed by atoms with van der Waals surface area (Å²) in [5.74, 6) is 0. The van der Waals surface area contributed by atoms with Crippen molar-refractivity contribution >= 4 is 43.6 Å². The zero-order chi connectivity index (χ0) is 41.5. The molecule has 0 saturated heterocycles. The molecule has 2 aliphatic rings. The van der Waals surface area contributed by atoms with Crippen molar-refractivity contribution in [2.24, 2.45) is 0 Å². The number of hydrogen-bond acceptors (Lipinski definition) is 0. The van der Waals surface area contributed by atoms with Crippen molar-refractivity contribution in [2.45, 2.75) is 38.5 Å². The topological polar surface area (TPSA) is 9.86 Å². The van der Waals surface area contributed by atoms with Crippen molar-refractivity contribution in [2.75, 3.05) is 0 Å². The van der Waals surface area contributed by atoms with Gasteiger partial charge in [-0.05, 0) is 127 Å². The van der Waals surface area contributed by atoms with E-state index >= 15 is 0 Å². The normalized spacial score (nSPS) is 14.4. The smallest absolute Gasteiger partial charge is 0.0541 e. The lowest BCUT2D eigenvalue weighted by molar-refractivity contribution is 0.652. The van der Waals surface area contributed by atoms with Gasteiger partial charge in [-0.3, -0.25) is 0 Å². The zero-order valence-corrected chi connectivity index (χ0v) is 35.4. The van der Waals surface area contributed by atoms with Gasteiger partial charge in [0.05, 0.1) is 22.1 Å². The predicted octanol–water partition coefficient (Wildman–Crippen LogP) is 15.8. The number of benzene rings is 9. The Hall–Kier alpha value is -7.42. The van der Waals surface area contributed by atoms with Crippen LogP contribution in [0.4, 0.5) is 0 Å². The molecule has 294 valence electrons. The Kier molecular flexibility index (Phi) is 7.16. The van der Waals surface area contributed by atoms with E-state index in [1.54, 1.807) is 0 Å². The first-order valence-electron chi connectivity index (χ1n) is 21.9. The monoisotopic (exact) mass is 792 g/mol. The molecule has 2 nitrogen and oxygen atoms in total. The second-order valence-electron chi connectivity index (χ2n) is 18.5. The fourth-order valence-electron chi connectivity index (χ4n) is 11.6. The lowest BCUT2D eigenvalue weighted by Crippen LogP contribution is -2.18. The number of nitrogens with zero attached hydrogens (tertiary/aromatic N) is 2. The third kappa shape index (κ3) is 4.70. The molecule has 62 heavy (non-hydrogen) atoms. The summed E-state index contributed by atoms with van der Waals surface area (Å²) in [6, 6.07) is 72.6. The Morgan fingerprint density at radius 2 is 0.742 bits per heavy atom. The average molecular weight is 793 g/mol. The van der Waals surface area contributed by atoms with E-state index < -0.39 is 0 Å². The highest BCUT2D eigenvalue weighted by atomic mass is 15.0. The molecule has 0 radical (unpaired) electrons. The molecule has 0 aliphatic heterocycles. The van der Waals surface area contributed by atoms with Gasteiger partial charge >= 0.3 is 0 Å². The van der Waals surface area contributed by atoms with Gasteiger partial charge in [0.25, 0.3) is 0 Å². The number of aromatic nitrogens is 2. The van der Waals surface area contributed by atoms with Crippen LogP contribution in [0.3, 0.4) is 0 Å². The van der Waals surface area contributed by atoms with Crippen LogP contribution in [0, 0.1) is 0 Å². The molecule has 2 aromatic heterocycles. The van der Waals surface area contributed by atoms with Crippen LogP contribution in [0.2, 0.25) is 0 Å². The van der Waals surface area contributed by atoms with Crippen LogP contribution in [0.1, 0.15) is 49.9 Å². The minimum Gasteiger partial charge on any atom is -0.309 e. The maximum atomic E-state index is 2.57. The third-order valence-electron chi connectivity index (χ3n) is 14.5. The van der Waals surface area contributed by atoms with E-state index in [0.717, 1.165) is 0 Å². The highest BCUT2D eigenvalue weighted by Crippen LogP contribution is 2.62. The molecule has 0 amide bonds. The summed E-state index contributed by atoms with van der Waals surface area (Å²) in [6.07, 6.45) is 0. The van der Waals surface area contributed by atoms with Gasteiger partial charge in [-0.1, -0.05) is 161 Å². The maximum Gasteiger partial charge on any atom is 0.0541 e. The Balaban J connectivity index is 1.12. The fraction of sp³-hybridized carbons (Fsp3) is 0.100. The molecule has 0 saturated carbocycles. The van der Waals surface area contributed by atoms with Crippen molar-refractivity contribution in [1.29, 1.82) is 0 Å². The number of hydrogen-bond donors (Lipinski definition) is 0. The van der Waals surface area contributed by atoms with Gasteiger partial charge < -0.3 is 9.13 Å². The van der Waals surface area contributed by atoms with E-state index in [1.165, 1.54) is 122 Å². The van der Waals surface area contributed by atoms with Crippen LogP contribution in [0.25, 0.3) is 99.5 Å². The number of para-hydroxylation sites is 4. The third-order valence-corrected chi connectivity index (χ3v) is 14.5. The maximum absolute atomic E-state index is 2.57. The van der Waals surface area contributed by atoms with Crippen molar-refractivity contribution in [3.05, 3.63) is 216 Å². The number of fused-ring (bicyclic) bond motifs is 13. The van der Waals surface area contributed by atoms with Gasteiger partial charge in [-0.15, -0.1) is 0 Å². The molecule has 11 aromatic rings. The van der Waals surface area contributed by atoms with Gasteiger partial charge in [0.15, 0.2) is 0 Å². The van der Waals surface area contributed by atoms with Crippen molar-refractivity contribution in [1.82, 2.24) is 9.13 Å². The molecule has 2 aliphatic carbocycles. The summed E-state index contributed by atoms with van der Waals surface area (Å²) in [4.78, 5) is 0. The van der Waals surface area contributed by atoms with Crippen LogP contribution < -0.4 is 0 Å². The second-order valence-corrected chi connectivity index (χ2v) is 18.5. The summed E-state index contributed by atoms with van der Waals surface area (Å²) in [7, 11) is 0. The van der Waals surface area contributed by atoms with E-state index in [0.29, 0.717) is 0 Å². The van der Waals surface area contributed by atoms with Crippen molar-refractivity contribution in [3.8, 4) is 55.9 Å². The van der Waals surface area contributed by atoms with Crippen LogP contribution >= 0.6 is 0 Å². The van der Waals surface area contributed by atoms with E-state index in [2.05, 4.69) is 231 Å². The Morgan fingerprint density at radius 1 is 0.306 bits per heavy atom. The molecule has 0 spiro atoms. The summed E-state index contributed by atoms with van der Waals surface area (Å²) in [5, 5.41) is 5.11. The Bertz CT molecular complexity index is 3580. The number of rotatable bonds is 4. The summed E-state index contributed by atoms with van der Waals surface area (Å²) >= 11 is 0. The SMILES string of the molecule is CC1(C)c2ccc(-n3c4ccccc4c4ccccc43)cc2-c2c1cc(-c1cccc(-c3ccccc3)c1)c1c2-c2cc(-n3c4ccccc4c4ccccc43)ccc2C1(C)C. The van der Waals surface area contributed by atoms with Gasteiger partial charge in [-0.2, -0.15) is 0 Å². The average Bonchev–Trinajstić information content (AvgIpc) is 3.97. The van der Waals surface area contributed by atoms with Crippen LogP contribution in [0.15, 0.2) is 194 Å². The summed E-state index contributed by atoms with van der Waals surface area (Å²) < 4.78 is 4.94. The molecule has 13 rings (SSSR count). The Labute approximate surface area is 362 Å². The highest BCUT2D eigenvalue weighted by Gasteiger charge is 2.46. The molecule has 0 fully saturated rings. The quantitative estimate of drug-likeness (QED) is 0.168. The van der Waals surface area contributed by atoms with E-state index in [4.69, 9.17) is 0 Å². The van der Waals surface area contributed by atoms with E-state index in [9.17, 15) is 0 Å². The molecule has 0 bridgehead atoms. The van der Waals surface area contributed by atoms with Crippen LogP contribution in [-0.4, -0.2) is 9.13 Å². The van der Waals surface area contributed by atoms with Crippen LogP contribution in [-0.2, 0) is 10.8 Å². The van der Waals surface area contributed by atoms with Gasteiger partial charge in [0.2, 0.25) is 0 Å². The molecular formula is C60H44N2. The first-order valence-corrected chi connectivity index (χ1v) is 21.9. The van der Waals surface area contributed by atoms with Gasteiger partial charge in [-0.25, -0.2) is 0 Å². The van der Waals surface area contributed by atoms with Gasteiger partial charge in [0.1, 0.15) is 0 Å². The highest BCUT2D eigenvalue weighted by molar-refractivity contribution is 6.11. The molecule has 0 atom stereocenters. The zero-order valence-electron chi connectivity index (χ0n) is 35.4. The molecule has 2 heteroatoms. The second kappa shape index (κ2) is 12.6. The van der Waals surface area contributed by atoms with Crippen molar-refractivity contribution < 1.29 is 0 Å². The predicted molar refractivity (Wildman–Crippen MR) is 261 cm³/mol. The largest absolute Gasteiger partial charge is 0.309 e. The van der Waals surface area contributed by atoms with E-state index in [1.807, 2.05) is 0 Å². The Morgan fingerprint density at radius 3 is 1.27 bits per heavy atom. The minimum absolute atomic E-state index is 0.234. The van der Waals surface area contributed by atoms with Crippen molar-refractivity contribution in [3.63, 3.8) is 0 Å². The summed E-state index contributed by atoms with van der Waals surface area (Å²) in [6.45, 7) is 9.77. The molecule has 0 unspecified atom stereocenters. The minimum atomic E-state index is -0.269. The van der Waals surface area contributed by atoms with Crippen LogP contribution in [0.5, 0.6) is 0 Å². The first kappa shape index (κ1) is 35.3. The first-order chi connectivity index (χ1) is 30.3. The summed E-state index contributed by atoms with van der Waals surface area (Å²) in [5.41, 5.74) is 22.8.